The number of carbonyl (C=O) groups excluding carboxylic acids is 1. The van der Waals surface area contributed by atoms with Crippen LogP contribution in [0, 0.1) is 6.92 Å². The van der Waals surface area contributed by atoms with Gasteiger partial charge in [-0.3, -0.25) is 4.68 Å². The van der Waals surface area contributed by atoms with Gasteiger partial charge in [0.15, 0.2) is 5.82 Å². The standard InChI is InChI=1S/C20H25N7O/c1-15-6-8-17(9-7-15)22-20(28)26-11-3-5-16(13-26)19-24-23-18(25(19)2)14-27-12-4-10-21-27/h4,6-10,12,16H,3,5,11,13-14H2,1-2H3,(H,22,28)/t16-/m0/s1. The SMILES string of the molecule is Cc1ccc(NC(=O)N2CCC[C@H](c3nnc(Cn4cccn4)n3C)C2)cc1. The lowest BCUT2D eigenvalue weighted by Gasteiger charge is -2.32. The topological polar surface area (TPSA) is 80.9 Å². The lowest BCUT2D eigenvalue weighted by atomic mass is 9.97. The zero-order valence-corrected chi connectivity index (χ0v) is 16.2. The van der Waals surface area contributed by atoms with Crippen LogP contribution in [0.2, 0.25) is 0 Å². The molecule has 2 amide bonds. The van der Waals surface area contributed by atoms with Gasteiger partial charge < -0.3 is 14.8 Å². The number of carbonyl (C=O) groups is 1. The van der Waals surface area contributed by atoms with Crippen LogP contribution in [0.25, 0.3) is 0 Å². The summed E-state index contributed by atoms with van der Waals surface area (Å²) in [6.45, 7) is 4.01. The van der Waals surface area contributed by atoms with Crippen LogP contribution in [0.15, 0.2) is 42.7 Å². The third-order valence-electron chi connectivity index (χ3n) is 5.24. The molecule has 3 heterocycles. The number of nitrogens with zero attached hydrogens (tertiary/aromatic N) is 6. The zero-order valence-electron chi connectivity index (χ0n) is 16.2. The highest BCUT2D eigenvalue weighted by Crippen LogP contribution is 2.26. The fourth-order valence-electron chi connectivity index (χ4n) is 3.62. The molecule has 8 nitrogen and oxygen atoms in total. The minimum atomic E-state index is -0.0625. The van der Waals surface area contributed by atoms with Crippen molar-refractivity contribution in [1.29, 1.82) is 0 Å². The summed E-state index contributed by atoms with van der Waals surface area (Å²) in [5, 5.41) is 16.0. The van der Waals surface area contributed by atoms with Crippen LogP contribution >= 0.6 is 0 Å². The summed E-state index contributed by atoms with van der Waals surface area (Å²) in [6, 6.07) is 9.68. The largest absolute Gasteiger partial charge is 0.324 e. The van der Waals surface area contributed by atoms with Crippen LogP contribution in [0.5, 0.6) is 0 Å². The maximum Gasteiger partial charge on any atom is 0.321 e. The number of urea groups is 1. The molecule has 3 aromatic rings. The molecule has 0 bridgehead atoms. The average Bonchev–Trinajstić information content (AvgIpc) is 3.34. The molecule has 8 heteroatoms. The molecule has 1 aliphatic rings. The second-order valence-corrected chi connectivity index (χ2v) is 7.32. The van der Waals surface area contributed by atoms with E-state index < -0.39 is 0 Å². The summed E-state index contributed by atoms with van der Waals surface area (Å²) in [6.07, 6.45) is 5.62. The van der Waals surface area contributed by atoms with Gasteiger partial charge in [0.2, 0.25) is 0 Å². The van der Waals surface area contributed by atoms with Crippen LogP contribution in [-0.2, 0) is 13.6 Å². The number of rotatable bonds is 4. The van der Waals surface area contributed by atoms with Crippen molar-refractivity contribution in [3.8, 4) is 0 Å². The summed E-state index contributed by atoms with van der Waals surface area (Å²) in [5.41, 5.74) is 1.99. The van der Waals surface area contributed by atoms with Crippen molar-refractivity contribution < 1.29 is 4.79 Å². The molecule has 1 aromatic carbocycles. The molecule has 1 N–H and O–H groups in total. The molecule has 28 heavy (non-hydrogen) atoms. The first-order valence-electron chi connectivity index (χ1n) is 9.58. The van der Waals surface area contributed by atoms with Crippen molar-refractivity contribution in [3.63, 3.8) is 0 Å². The van der Waals surface area contributed by atoms with Crippen molar-refractivity contribution in [3.05, 3.63) is 59.9 Å². The number of anilines is 1. The van der Waals surface area contributed by atoms with Gasteiger partial charge in [0.1, 0.15) is 12.4 Å². The molecule has 0 spiro atoms. The third kappa shape index (κ3) is 3.90. The van der Waals surface area contributed by atoms with Crippen molar-refractivity contribution in [2.45, 2.75) is 32.2 Å². The molecule has 0 unspecified atom stereocenters. The van der Waals surface area contributed by atoms with E-state index in [4.69, 9.17) is 0 Å². The highest BCUT2D eigenvalue weighted by molar-refractivity contribution is 5.89. The first-order valence-corrected chi connectivity index (χ1v) is 9.58. The van der Waals surface area contributed by atoms with Crippen LogP contribution in [-0.4, -0.2) is 48.6 Å². The van der Waals surface area contributed by atoms with E-state index in [2.05, 4.69) is 20.6 Å². The molecule has 0 radical (unpaired) electrons. The summed E-state index contributed by atoms with van der Waals surface area (Å²) in [4.78, 5) is 14.6. The molecule has 4 rings (SSSR count). The van der Waals surface area contributed by atoms with Gasteiger partial charge in [-0.15, -0.1) is 10.2 Å². The summed E-state index contributed by atoms with van der Waals surface area (Å²) >= 11 is 0. The number of piperidine rings is 1. The first-order chi connectivity index (χ1) is 13.6. The maximum atomic E-state index is 12.7. The Hall–Kier alpha value is -3.16. The van der Waals surface area contributed by atoms with Crippen molar-refractivity contribution in [2.75, 3.05) is 18.4 Å². The highest BCUT2D eigenvalue weighted by Gasteiger charge is 2.28. The number of aryl methyl sites for hydroxylation is 1. The number of aromatic nitrogens is 5. The lowest BCUT2D eigenvalue weighted by Crippen LogP contribution is -2.42. The number of benzene rings is 1. The predicted molar refractivity (Wildman–Crippen MR) is 106 cm³/mol. The molecule has 1 aliphatic heterocycles. The summed E-state index contributed by atoms with van der Waals surface area (Å²) in [7, 11) is 1.99. The van der Waals surface area contributed by atoms with E-state index in [1.807, 2.05) is 64.6 Å². The van der Waals surface area contributed by atoms with Crippen molar-refractivity contribution in [1.82, 2.24) is 29.4 Å². The Bertz CT molecular complexity index is 930. The normalized spacial score (nSPS) is 16.9. The number of nitrogens with one attached hydrogen (secondary N) is 1. The predicted octanol–water partition coefficient (Wildman–Crippen LogP) is 2.78. The van der Waals surface area contributed by atoms with Crippen LogP contribution < -0.4 is 5.32 Å². The van der Waals surface area contributed by atoms with E-state index in [-0.39, 0.29) is 11.9 Å². The van der Waals surface area contributed by atoms with Crippen LogP contribution in [0.3, 0.4) is 0 Å². The number of amides is 2. The van der Waals surface area contributed by atoms with E-state index in [1.165, 1.54) is 5.56 Å². The van der Waals surface area contributed by atoms with E-state index in [0.717, 1.165) is 36.7 Å². The van der Waals surface area contributed by atoms with Gasteiger partial charge >= 0.3 is 6.03 Å². The van der Waals surface area contributed by atoms with Crippen LogP contribution in [0.4, 0.5) is 10.5 Å². The van der Waals surface area contributed by atoms with Crippen molar-refractivity contribution in [2.24, 2.45) is 7.05 Å². The monoisotopic (exact) mass is 379 g/mol. The lowest BCUT2D eigenvalue weighted by molar-refractivity contribution is 0.190. The number of likely N-dealkylation sites (tertiary alicyclic amines) is 1. The van der Waals surface area contributed by atoms with Gasteiger partial charge in [-0.1, -0.05) is 17.7 Å². The smallest absolute Gasteiger partial charge is 0.321 e. The van der Waals surface area contributed by atoms with Gasteiger partial charge in [0, 0.05) is 44.1 Å². The van der Waals surface area contributed by atoms with E-state index in [9.17, 15) is 4.79 Å². The Balaban J connectivity index is 1.43. The molecule has 1 fully saturated rings. The molecule has 1 saturated heterocycles. The second kappa shape index (κ2) is 7.84. The average molecular weight is 379 g/mol. The van der Waals surface area contributed by atoms with E-state index >= 15 is 0 Å². The van der Waals surface area contributed by atoms with Gasteiger partial charge in [0.25, 0.3) is 0 Å². The van der Waals surface area contributed by atoms with Gasteiger partial charge in [-0.25, -0.2) is 4.79 Å². The molecule has 2 aromatic heterocycles. The molecule has 1 atom stereocenters. The molecular formula is C20H25N7O. The number of hydrogen-bond acceptors (Lipinski definition) is 4. The Morgan fingerprint density at radius 2 is 2.07 bits per heavy atom. The molecule has 0 saturated carbocycles. The molecular weight excluding hydrogens is 354 g/mol. The first kappa shape index (κ1) is 18.2. The molecule has 0 aliphatic carbocycles. The van der Waals surface area contributed by atoms with E-state index in [1.54, 1.807) is 6.20 Å². The minimum Gasteiger partial charge on any atom is -0.324 e. The fraction of sp³-hybridized carbons (Fsp3) is 0.400. The zero-order chi connectivity index (χ0) is 19.5. The number of hydrogen-bond donors (Lipinski definition) is 1. The fourth-order valence-corrected chi connectivity index (χ4v) is 3.62. The Morgan fingerprint density at radius 1 is 1.25 bits per heavy atom. The van der Waals surface area contributed by atoms with Gasteiger partial charge in [0.05, 0.1) is 0 Å². The Labute approximate surface area is 164 Å². The summed E-state index contributed by atoms with van der Waals surface area (Å²) < 4.78 is 3.86. The highest BCUT2D eigenvalue weighted by atomic mass is 16.2. The van der Waals surface area contributed by atoms with Crippen molar-refractivity contribution >= 4 is 11.7 Å². The third-order valence-corrected chi connectivity index (χ3v) is 5.24. The Kier molecular flexibility index (Phi) is 5.10. The minimum absolute atomic E-state index is 0.0625. The summed E-state index contributed by atoms with van der Waals surface area (Å²) in [5.74, 6) is 1.97. The molecule has 146 valence electrons. The van der Waals surface area contributed by atoms with Gasteiger partial charge in [-0.2, -0.15) is 5.10 Å². The van der Waals surface area contributed by atoms with E-state index in [0.29, 0.717) is 13.1 Å². The Morgan fingerprint density at radius 3 is 2.82 bits per heavy atom. The maximum absolute atomic E-state index is 12.7. The quantitative estimate of drug-likeness (QED) is 0.756. The van der Waals surface area contributed by atoms with Gasteiger partial charge in [-0.05, 0) is 38.0 Å². The van der Waals surface area contributed by atoms with Crippen LogP contribution in [0.1, 0.15) is 36.0 Å². The second-order valence-electron chi connectivity index (χ2n) is 7.32.